The molecule has 2 rings (SSSR count). The van der Waals surface area contributed by atoms with Gasteiger partial charge >= 0.3 is 0 Å². The second kappa shape index (κ2) is 2.72. The molecule has 2 saturated heterocycles. The molecular weight excluding hydrogens is 140 g/mol. The SMILES string of the molecule is [N-]=[N+]=NCC1CC2CCC1N2. The van der Waals surface area contributed by atoms with Crippen molar-refractivity contribution >= 4 is 0 Å². The maximum Gasteiger partial charge on any atom is 0.0301 e. The molecule has 4 nitrogen and oxygen atoms in total. The van der Waals surface area contributed by atoms with Crippen LogP contribution in [0.3, 0.4) is 0 Å². The number of hydrogen-bond acceptors (Lipinski definition) is 2. The van der Waals surface area contributed by atoms with Crippen molar-refractivity contribution in [3.63, 3.8) is 0 Å². The van der Waals surface area contributed by atoms with Gasteiger partial charge in [0.15, 0.2) is 0 Å². The van der Waals surface area contributed by atoms with Crippen molar-refractivity contribution in [3.05, 3.63) is 10.4 Å². The number of azide groups is 1. The predicted octanol–water partition coefficient (Wildman–Crippen LogP) is 1.44. The molecule has 2 aliphatic heterocycles. The smallest absolute Gasteiger partial charge is 0.0301 e. The molecule has 0 aromatic rings. The van der Waals surface area contributed by atoms with Crippen LogP contribution in [0.1, 0.15) is 19.3 Å². The molecule has 2 bridgehead atoms. The van der Waals surface area contributed by atoms with E-state index in [-0.39, 0.29) is 0 Å². The van der Waals surface area contributed by atoms with E-state index in [2.05, 4.69) is 15.3 Å². The molecule has 11 heavy (non-hydrogen) atoms. The highest BCUT2D eigenvalue weighted by Crippen LogP contribution is 2.33. The average molecular weight is 152 g/mol. The van der Waals surface area contributed by atoms with Crippen LogP contribution in [0.15, 0.2) is 5.11 Å². The minimum atomic E-state index is 0.615. The van der Waals surface area contributed by atoms with Gasteiger partial charge < -0.3 is 5.32 Å². The lowest BCUT2D eigenvalue weighted by molar-refractivity contribution is 0.415. The lowest BCUT2D eigenvalue weighted by atomic mass is 9.89. The summed E-state index contributed by atoms with van der Waals surface area (Å²) in [5, 5.41) is 7.12. The third-order valence-corrected chi connectivity index (χ3v) is 2.81. The number of fused-ring (bicyclic) bond motifs is 2. The summed E-state index contributed by atoms with van der Waals surface area (Å²) < 4.78 is 0. The number of nitrogens with one attached hydrogen (secondary N) is 1. The van der Waals surface area contributed by atoms with Crippen LogP contribution in [0.5, 0.6) is 0 Å². The van der Waals surface area contributed by atoms with Crippen LogP contribution < -0.4 is 5.32 Å². The van der Waals surface area contributed by atoms with Crippen LogP contribution >= 0.6 is 0 Å². The van der Waals surface area contributed by atoms with Gasteiger partial charge in [0.1, 0.15) is 0 Å². The fraction of sp³-hybridized carbons (Fsp3) is 1.00. The van der Waals surface area contributed by atoms with E-state index in [0.717, 1.165) is 6.04 Å². The van der Waals surface area contributed by atoms with Crippen LogP contribution in [0.2, 0.25) is 0 Å². The van der Waals surface area contributed by atoms with Crippen LogP contribution in [0.4, 0.5) is 0 Å². The van der Waals surface area contributed by atoms with Crippen LogP contribution in [-0.4, -0.2) is 18.6 Å². The van der Waals surface area contributed by atoms with Gasteiger partial charge in [0.25, 0.3) is 0 Å². The highest BCUT2D eigenvalue weighted by Gasteiger charge is 2.38. The molecule has 0 radical (unpaired) electrons. The van der Waals surface area contributed by atoms with E-state index in [1.807, 2.05) is 0 Å². The molecule has 3 atom stereocenters. The minimum Gasteiger partial charge on any atom is -0.311 e. The Morgan fingerprint density at radius 1 is 1.55 bits per heavy atom. The van der Waals surface area contributed by atoms with Gasteiger partial charge in [-0.05, 0) is 30.7 Å². The van der Waals surface area contributed by atoms with Crippen molar-refractivity contribution < 1.29 is 0 Å². The Morgan fingerprint density at radius 2 is 2.45 bits per heavy atom. The van der Waals surface area contributed by atoms with E-state index in [1.54, 1.807) is 0 Å². The topological polar surface area (TPSA) is 60.8 Å². The summed E-state index contributed by atoms with van der Waals surface area (Å²) in [6, 6.07) is 1.37. The van der Waals surface area contributed by atoms with Gasteiger partial charge in [-0.3, -0.25) is 0 Å². The van der Waals surface area contributed by atoms with Gasteiger partial charge in [0, 0.05) is 23.5 Å². The summed E-state index contributed by atoms with van der Waals surface area (Å²) in [6.07, 6.45) is 3.80. The number of hydrogen-bond donors (Lipinski definition) is 1. The molecule has 0 aliphatic carbocycles. The molecule has 0 saturated carbocycles. The van der Waals surface area contributed by atoms with Crippen LogP contribution in [0.25, 0.3) is 10.4 Å². The first-order valence-electron chi connectivity index (χ1n) is 4.17. The van der Waals surface area contributed by atoms with Crippen molar-refractivity contribution in [1.82, 2.24) is 5.32 Å². The Kier molecular flexibility index (Phi) is 1.72. The first kappa shape index (κ1) is 6.95. The van der Waals surface area contributed by atoms with Crippen molar-refractivity contribution in [2.45, 2.75) is 31.3 Å². The fourth-order valence-electron chi connectivity index (χ4n) is 2.28. The second-order valence-electron chi connectivity index (χ2n) is 3.46. The minimum absolute atomic E-state index is 0.615. The normalized spacial score (nSPS) is 40.5. The largest absolute Gasteiger partial charge is 0.311 e. The Morgan fingerprint density at radius 3 is 3.00 bits per heavy atom. The molecule has 0 aromatic heterocycles. The van der Waals surface area contributed by atoms with Gasteiger partial charge in [-0.15, -0.1) is 0 Å². The molecule has 2 fully saturated rings. The Balaban J connectivity index is 1.92. The molecular formula is C7H12N4. The second-order valence-corrected chi connectivity index (χ2v) is 3.46. The first-order valence-corrected chi connectivity index (χ1v) is 4.17. The fourth-order valence-corrected chi connectivity index (χ4v) is 2.28. The monoisotopic (exact) mass is 152 g/mol. The number of nitrogens with zero attached hydrogens (tertiary/aromatic N) is 3. The van der Waals surface area contributed by atoms with Gasteiger partial charge in [-0.2, -0.15) is 0 Å². The summed E-state index contributed by atoms with van der Waals surface area (Å²) in [6.45, 7) is 0.685. The van der Waals surface area contributed by atoms with Crippen LogP contribution in [-0.2, 0) is 0 Å². The zero-order valence-electron chi connectivity index (χ0n) is 6.40. The molecule has 0 spiro atoms. The van der Waals surface area contributed by atoms with E-state index in [1.165, 1.54) is 19.3 Å². The van der Waals surface area contributed by atoms with E-state index in [0.29, 0.717) is 18.5 Å². The van der Waals surface area contributed by atoms with Gasteiger partial charge in [0.2, 0.25) is 0 Å². The first-order chi connectivity index (χ1) is 5.40. The van der Waals surface area contributed by atoms with Crippen molar-refractivity contribution in [2.75, 3.05) is 6.54 Å². The quantitative estimate of drug-likeness (QED) is 0.363. The van der Waals surface area contributed by atoms with Crippen molar-refractivity contribution in [2.24, 2.45) is 11.0 Å². The molecule has 3 unspecified atom stereocenters. The van der Waals surface area contributed by atoms with E-state index in [9.17, 15) is 0 Å². The lowest BCUT2D eigenvalue weighted by Crippen LogP contribution is -2.24. The van der Waals surface area contributed by atoms with Gasteiger partial charge in [-0.25, -0.2) is 0 Å². The van der Waals surface area contributed by atoms with Gasteiger partial charge in [0.05, 0.1) is 0 Å². The summed E-state index contributed by atoms with van der Waals surface area (Å²) in [5.41, 5.74) is 8.13. The molecule has 0 amide bonds. The zero-order valence-corrected chi connectivity index (χ0v) is 6.40. The third kappa shape index (κ3) is 1.19. The molecule has 0 aromatic carbocycles. The lowest BCUT2D eigenvalue weighted by Gasteiger charge is -2.16. The third-order valence-electron chi connectivity index (χ3n) is 2.81. The standard InChI is InChI=1S/C7H12N4/c8-11-9-4-5-3-6-1-2-7(5)10-6/h5-7,10H,1-4H2. The highest BCUT2D eigenvalue weighted by molar-refractivity contribution is 4.97. The van der Waals surface area contributed by atoms with Gasteiger partial charge in [-0.1, -0.05) is 5.11 Å². The molecule has 2 aliphatic rings. The number of rotatable bonds is 2. The van der Waals surface area contributed by atoms with E-state index in [4.69, 9.17) is 5.53 Å². The molecule has 2 heterocycles. The summed E-state index contributed by atoms with van der Waals surface area (Å²) in [5.74, 6) is 0.615. The predicted molar refractivity (Wildman–Crippen MR) is 42.1 cm³/mol. The Labute approximate surface area is 65.6 Å². The molecule has 60 valence electrons. The Bertz CT molecular complexity index is 197. The summed E-state index contributed by atoms with van der Waals surface area (Å²) in [4.78, 5) is 2.78. The average Bonchev–Trinajstić information content (AvgIpc) is 2.60. The summed E-state index contributed by atoms with van der Waals surface area (Å²) >= 11 is 0. The zero-order chi connectivity index (χ0) is 7.68. The van der Waals surface area contributed by atoms with E-state index < -0.39 is 0 Å². The summed E-state index contributed by atoms with van der Waals surface area (Å²) in [7, 11) is 0. The van der Waals surface area contributed by atoms with Crippen molar-refractivity contribution in [1.29, 1.82) is 0 Å². The Hall–Kier alpha value is -0.730. The maximum absolute atomic E-state index is 8.13. The maximum atomic E-state index is 8.13. The van der Waals surface area contributed by atoms with Crippen molar-refractivity contribution in [3.8, 4) is 0 Å². The van der Waals surface area contributed by atoms with Crippen LogP contribution in [0, 0.1) is 5.92 Å². The molecule has 1 N–H and O–H groups in total. The highest BCUT2D eigenvalue weighted by atomic mass is 15.1. The molecule has 4 heteroatoms. The van der Waals surface area contributed by atoms with E-state index >= 15 is 0 Å².